The number of nitrogens with zero attached hydrogens (tertiary/aromatic N) is 3. The second-order valence-electron chi connectivity index (χ2n) is 3.67. The van der Waals surface area contributed by atoms with Crippen LogP contribution in [-0.4, -0.2) is 21.6 Å². The van der Waals surface area contributed by atoms with E-state index in [2.05, 4.69) is 15.3 Å². The lowest BCUT2D eigenvalue weighted by atomic mass is 10.3. The van der Waals surface area contributed by atoms with Gasteiger partial charge >= 0.3 is 4.87 Å². The van der Waals surface area contributed by atoms with Gasteiger partial charge in [-0.3, -0.25) is 9.36 Å². The Kier molecular flexibility index (Phi) is 2.85. The minimum atomic E-state index is 0.0101. The molecule has 5 nitrogen and oxygen atoms in total. The minimum Gasteiger partial charge on any atom is -0.372 e. The molecule has 7 heteroatoms. The van der Waals surface area contributed by atoms with Gasteiger partial charge in [0.25, 0.3) is 0 Å². The molecule has 0 radical (unpaired) electrons. The van der Waals surface area contributed by atoms with E-state index in [0.29, 0.717) is 12.4 Å². The molecule has 0 unspecified atom stereocenters. The lowest BCUT2D eigenvalue weighted by molar-refractivity contribution is 0.739. The summed E-state index contributed by atoms with van der Waals surface area (Å²) in [5, 5.41) is 7.83. The molecule has 0 aliphatic rings. The standard InChI is InChI=1S/C11H10N4OS2/c1-12-9-7-2-4-17-10(7)14-8(13-9)6-15-3-5-18-11(15)16/h2-5H,6H2,1H3,(H,12,13,14). The minimum absolute atomic E-state index is 0.0101. The highest BCUT2D eigenvalue weighted by Gasteiger charge is 2.08. The average Bonchev–Trinajstić information content (AvgIpc) is 2.98. The number of rotatable bonds is 3. The maximum Gasteiger partial charge on any atom is 0.307 e. The number of fused-ring (bicyclic) bond motifs is 1. The van der Waals surface area contributed by atoms with Gasteiger partial charge in [-0.25, -0.2) is 9.97 Å². The molecule has 0 aliphatic carbocycles. The van der Waals surface area contributed by atoms with Crippen LogP contribution in [0.25, 0.3) is 10.2 Å². The van der Waals surface area contributed by atoms with Gasteiger partial charge in [0.05, 0.1) is 11.9 Å². The van der Waals surface area contributed by atoms with E-state index in [1.165, 1.54) is 11.3 Å². The zero-order valence-corrected chi connectivity index (χ0v) is 11.2. The lowest BCUT2D eigenvalue weighted by Gasteiger charge is -2.05. The third kappa shape index (κ3) is 1.91. The molecule has 0 atom stereocenters. The summed E-state index contributed by atoms with van der Waals surface area (Å²) >= 11 is 2.75. The van der Waals surface area contributed by atoms with Crippen LogP contribution in [0.1, 0.15) is 5.82 Å². The number of anilines is 1. The normalized spacial score (nSPS) is 10.9. The third-order valence-corrected chi connectivity index (χ3v) is 4.06. The highest BCUT2D eigenvalue weighted by Crippen LogP contribution is 2.24. The number of aromatic nitrogens is 3. The molecule has 0 aliphatic heterocycles. The smallest absolute Gasteiger partial charge is 0.307 e. The first-order valence-electron chi connectivity index (χ1n) is 5.34. The topological polar surface area (TPSA) is 59.8 Å². The SMILES string of the molecule is CNc1nc(Cn2ccsc2=O)nc2sccc12. The highest BCUT2D eigenvalue weighted by atomic mass is 32.1. The quantitative estimate of drug-likeness (QED) is 0.796. The Balaban J connectivity index is 2.07. The van der Waals surface area contributed by atoms with Crippen molar-refractivity contribution >= 4 is 38.7 Å². The molecule has 92 valence electrons. The van der Waals surface area contributed by atoms with Gasteiger partial charge in [0.1, 0.15) is 10.6 Å². The number of thiophene rings is 1. The molecule has 0 fully saturated rings. The van der Waals surface area contributed by atoms with Crippen molar-refractivity contribution < 1.29 is 0 Å². The molecule has 0 amide bonds. The fourth-order valence-electron chi connectivity index (χ4n) is 1.72. The van der Waals surface area contributed by atoms with E-state index >= 15 is 0 Å². The van der Waals surface area contributed by atoms with Crippen LogP contribution in [0.3, 0.4) is 0 Å². The van der Waals surface area contributed by atoms with E-state index in [0.717, 1.165) is 16.0 Å². The second-order valence-corrected chi connectivity index (χ2v) is 5.43. The van der Waals surface area contributed by atoms with E-state index in [1.807, 2.05) is 18.5 Å². The lowest BCUT2D eigenvalue weighted by Crippen LogP contribution is -2.15. The Morgan fingerprint density at radius 3 is 2.94 bits per heavy atom. The monoisotopic (exact) mass is 278 g/mol. The molecule has 0 saturated carbocycles. The molecule has 0 spiro atoms. The predicted molar refractivity (Wildman–Crippen MR) is 74.6 cm³/mol. The van der Waals surface area contributed by atoms with Gasteiger partial charge in [0.15, 0.2) is 5.82 Å². The van der Waals surface area contributed by atoms with Crippen LogP contribution in [0.5, 0.6) is 0 Å². The first kappa shape index (κ1) is 11.4. The van der Waals surface area contributed by atoms with Crippen molar-refractivity contribution in [1.29, 1.82) is 0 Å². The fourth-order valence-corrected chi connectivity index (χ4v) is 3.09. The van der Waals surface area contributed by atoms with Crippen LogP contribution in [0, 0.1) is 0 Å². The summed E-state index contributed by atoms with van der Waals surface area (Å²) in [4.78, 5) is 21.4. The summed E-state index contributed by atoms with van der Waals surface area (Å²) in [7, 11) is 1.83. The van der Waals surface area contributed by atoms with Crippen molar-refractivity contribution in [2.45, 2.75) is 6.54 Å². The summed E-state index contributed by atoms with van der Waals surface area (Å²) in [5.41, 5.74) is 0. The van der Waals surface area contributed by atoms with Crippen molar-refractivity contribution in [2.75, 3.05) is 12.4 Å². The molecule has 1 N–H and O–H groups in total. The Morgan fingerprint density at radius 2 is 2.22 bits per heavy atom. The largest absolute Gasteiger partial charge is 0.372 e. The molecule has 3 heterocycles. The molecule has 0 saturated heterocycles. The van der Waals surface area contributed by atoms with Gasteiger partial charge in [-0.05, 0) is 11.4 Å². The molecule has 3 aromatic heterocycles. The summed E-state index contributed by atoms with van der Waals surface area (Å²) in [6.07, 6.45) is 1.76. The first-order valence-corrected chi connectivity index (χ1v) is 7.09. The molecule has 0 aromatic carbocycles. The van der Waals surface area contributed by atoms with Crippen LogP contribution in [0.4, 0.5) is 5.82 Å². The maximum atomic E-state index is 11.5. The van der Waals surface area contributed by atoms with Gasteiger partial charge in [0, 0.05) is 18.6 Å². The van der Waals surface area contributed by atoms with E-state index in [1.54, 1.807) is 27.5 Å². The van der Waals surface area contributed by atoms with Crippen LogP contribution in [0.15, 0.2) is 27.8 Å². The van der Waals surface area contributed by atoms with E-state index < -0.39 is 0 Å². The van der Waals surface area contributed by atoms with Crippen LogP contribution in [-0.2, 0) is 6.54 Å². The second kappa shape index (κ2) is 4.51. The molecule has 0 bridgehead atoms. The Bertz CT molecular complexity index is 743. The van der Waals surface area contributed by atoms with Gasteiger partial charge in [-0.2, -0.15) is 0 Å². The van der Waals surface area contributed by atoms with E-state index in [9.17, 15) is 4.79 Å². The maximum absolute atomic E-state index is 11.5. The fraction of sp³-hybridized carbons (Fsp3) is 0.182. The van der Waals surface area contributed by atoms with Crippen molar-refractivity contribution in [1.82, 2.24) is 14.5 Å². The summed E-state index contributed by atoms with van der Waals surface area (Å²) in [6.45, 7) is 0.408. The van der Waals surface area contributed by atoms with Crippen LogP contribution < -0.4 is 10.2 Å². The van der Waals surface area contributed by atoms with Crippen molar-refractivity contribution in [3.8, 4) is 0 Å². The van der Waals surface area contributed by atoms with Crippen molar-refractivity contribution in [3.05, 3.63) is 38.5 Å². The number of hydrogen-bond acceptors (Lipinski definition) is 6. The predicted octanol–water partition coefficient (Wildman–Crippen LogP) is 2.00. The summed E-state index contributed by atoms with van der Waals surface area (Å²) in [6, 6.07) is 1.99. The van der Waals surface area contributed by atoms with Crippen LogP contribution in [0.2, 0.25) is 0 Å². The van der Waals surface area contributed by atoms with E-state index in [4.69, 9.17) is 0 Å². The first-order chi connectivity index (χ1) is 8.78. The number of nitrogens with one attached hydrogen (secondary N) is 1. The number of thiazole rings is 1. The summed E-state index contributed by atoms with van der Waals surface area (Å²) < 4.78 is 1.61. The molecule has 3 aromatic rings. The van der Waals surface area contributed by atoms with Crippen LogP contribution >= 0.6 is 22.7 Å². The zero-order chi connectivity index (χ0) is 12.5. The Hall–Kier alpha value is -1.73. The average molecular weight is 278 g/mol. The summed E-state index contributed by atoms with van der Waals surface area (Å²) in [5.74, 6) is 1.45. The molecular weight excluding hydrogens is 268 g/mol. The van der Waals surface area contributed by atoms with Crippen molar-refractivity contribution in [2.24, 2.45) is 0 Å². The van der Waals surface area contributed by atoms with Gasteiger partial charge in [-0.15, -0.1) is 11.3 Å². The van der Waals surface area contributed by atoms with Crippen molar-refractivity contribution in [3.63, 3.8) is 0 Å². The molecule has 18 heavy (non-hydrogen) atoms. The Morgan fingerprint density at radius 1 is 1.33 bits per heavy atom. The van der Waals surface area contributed by atoms with Gasteiger partial charge in [0.2, 0.25) is 0 Å². The number of hydrogen-bond donors (Lipinski definition) is 1. The molecular formula is C11H10N4OS2. The third-order valence-electron chi connectivity index (χ3n) is 2.56. The zero-order valence-electron chi connectivity index (χ0n) is 9.58. The van der Waals surface area contributed by atoms with Gasteiger partial charge in [-0.1, -0.05) is 11.3 Å². The molecule has 3 rings (SSSR count). The Labute approximate surface area is 111 Å². The van der Waals surface area contributed by atoms with Gasteiger partial charge < -0.3 is 5.32 Å². The van der Waals surface area contributed by atoms with E-state index in [-0.39, 0.29) is 4.87 Å². The highest BCUT2D eigenvalue weighted by molar-refractivity contribution is 7.16.